The van der Waals surface area contributed by atoms with E-state index in [1.165, 1.54) is 25.6 Å². The molecule has 0 spiro atoms. The fourth-order valence-electron chi connectivity index (χ4n) is 3.02. The molecule has 0 amide bonds. The Morgan fingerprint density at radius 2 is 1.60 bits per heavy atom. The van der Waals surface area contributed by atoms with Crippen LogP contribution in [0.3, 0.4) is 0 Å². The molecular formula is C24H20ClN5O4S. The minimum atomic E-state index is -4.03. The first kappa shape index (κ1) is 24.1. The summed E-state index contributed by atoms with van der Waals surface area (Å²) in [5.74, 6) is 0.585. The van der Waals surface area contributed by atoms with Crippen molar-refractivity contribution in [3.05, 3.63) is 88.7 Å². The fraction of sp³-hybridized carbons (Fsp3) is 0.0833. The van der Waals surface area contributed by atoms with E-state index in [9.17, 15) is 8.42 Å². The van der Waals surface area contributed by atoms with E-state index >= 15 is 0 Å². The van der Waals surface area contributed by atoms with Gasteiger partial charge in [0, 0.05) is 12.4 Å². The molecule has 2 heterocycles. The van der Waals surface area contributed by atoms with Gasteiger partial charge < -0.3 is 9.47 Å². The molecule has 0 fully saturated rings. The summed E-state index contributed by atoms with van der Waals surface area (Å²) in [4.78, 5) is 16.7. The highest BCUT2D eigenvalue weighted by Crippen LogP contribution is 2.39. The molecule has 0 aliphatic rings. The first-order valence-corrected chi connectivity index (χ1v) is 12.2. The zero-order valence-corrected chi connectivity index (χ0v) is 20.3. The number of para-hydroxylation sites is 2. The molecule has 4 aromatic rings. The van der Waals surface area contributed by atoms with Gasteiger partial charge in [-0.25, -0.2) is 28.4 Å². The maximum absolute atomic E-state index is 13.0. The second-order valence-corrected chi connectivity index (χ2v) is 9.07. The number of aryl methyl sites for hydroxylation is 1. The Balaban J connectivity index is 1.76. The number of nitrogens with one attached hydrogen (secondary N) is 1. The molecule has 35 heavy (non-hydrogen) atoms. The molecule has 11 heteroatoms. The summed E-state index contributed by atoms with van der Waals surface area (Å²) in [5, 5.41) is 0.894. The molecule has 0 saturated heterocycles. The van der Waals surface area contributed by atoms with Crippen molar-refractivity contribution in [2.45, 2.75) is 6.92 Å². The second kappa shape index (κ2) is 10.5. The van der Waals surface area contributed by atoms with Crippen LogP contribution >= 0.6 is 11.6 Å². The van der Waals surface area contributed by atoms with E-state index in [4.69, 9.17) is 21.1 Å². The zero-order valence-electron chi connectivity index (χ0n) is 18.7. The quantitative estimate of drug-likeness (QED) is 0.326. The highest BCUT2D eigenvalue weighted by molar-refractivity contribution is 7.95. The Morgan fingerprint density at radius 1 is 0.914 bits per heavy atom. The van der Waals surface area contributed by atoms with Crippen LogP contribution in [0.4, 0.5) is 5.82 Å². The molecule has 0 atom stereocenters. The average Bonchev–Trinajstić information content (AvgIpc) is 2.86. The van der Waals surface area contributed by atoms with Crippen LogP contribution in [0.15, 0.2) is 72.4 Å². The minimum absolute atomic E-state index is 0.0172. The summed E-state index contributed by atoms with van der Waals surface area (Å²) >= 11 is 6.43. The molecule has 178 valence electrons. The lowest BCUT2D eigenvalue weighted by Crippen LogP contribution is -2.13. The predicted octanol–water partition coefficient (Wildman–Crippen LogP) is 5.11. The number of nitrogens with zero attached hydrogens (tertiary/aromatic N) is 4. The van der Waals surface area contributed by atoms with Gasteiger partial charge >= 0.3 is 0 Å². The third-order valence-electron chi connectivity index (χ3n) is 4.73. The summed E-state index contributed by atoms with van der Waals surface area (Å²) < 4.78 is 39.5. The summed E-state index contributed by atoms with van der Waals surface area (Å²) in [7, 11) is -2.55. The number of benzene rings is 2. The van der Waals surface area contributed by atoms with E-state index in [0.717, 1.165) is 16.5 Å². The lowest BCUT2D eigenvalue weighted by Gasteiger charge is -2.15. The van der Waals surface area contributed by atoms with Crippen molar-refractivity contribution in [1.29, 1.82) is 0 Å². The van der Waals surface area contributed by atoms with Crippen molar-refractivity contribution in [2.75, 3.05) is 11.8 Å². The van der Waals surface area contributed by atoms with Gasteiger partial charge in [-0.05, 0) is 42.3 Å². The van der Waals surface area contributed by atoms with Gasteiger partial charge in [0.2, 0.25) is 11.6 Å². The molecule has 0 unspecified atom stereocenters. The van der Waals surface area contributed by atoms with Gasteiger partial charge in [0.25, 0.3) is 10.0 Å². The van der Waals surface area contributed by atoms with Crippen molar-refractivity contribution in [1.82, 2.24) is 19.9 Å². The number of rotatable bonds is 8. The maximum Gasteiger partial charge on any atom is 0.256 e. The number of hydrogen-bond donors (Lipinski definition) is 1. The molecule has 0 bridgehead atoms. The Bertz CT molecular complexity index is 1480. The van der Waals surface area contributed by atoms with Crippen molar-refractivity contribution in [3.8, 4) is 28.9 Å². The highest BCUT2D eigenvalue weighted by Gasteiger charge is 2.22. The van der Waals surface area contributed by atoms with E-state index < -0.39 is 10.0 Å². The number of methoxy groups -OCH3 is 1. The number of anilines is 1. The van der Waals surface area contributed by atoms with Crippen LogP contribution in [0.5, 0.6) is 17.2 Å². The smallest absolute Gasteiger partial charge is 0.256 e. The van der Waals surface area contributed by atoms with Gasteiger partial charge in [0.15, 0.2) is 28.3 Å². The van der Waals surface area contributed by atoms with Crippen LogP contribution in [0, 0.1) is 6.92 Å². The fourth-order valence-corrected chi connectivity index (χ4v) is 4.03. The molecule has 0 saturated carbocycles. The summed E-state index contributed by atoms with van der Waals surface area (Å²) in [6, 6.07) is 15.8. The van der Waals surface area contributed by atoms with Crippen LogP contribution < -0.4 is 14.2 Å². The number of halogens is 1. The van der Waals surface area contributed by atoms with Gasteiger partial charge in [0.1, 0.15) is 0 Å². The van der Waals surface area contributed by atoms with Crippen molar-refractivity contribution in [2.24, 2.45) is 0 Å². The summed E-state index contributed by atoms with van der Waals surface area (Å²) in [6.45, 7) is 1.88. The largest absolute Gasteiger partial charge is 0.493 e. The van der Waals surface area contributed by atoms with Crippen LogP contribution in [-0.2, 0) is 10.0 Å². The van der Waals surface area contributed by atoms with E-state index in [1.54, 1.807) is 30.3 Å². The van der Waals surface area contributed by atoms with Gasteiger partial charge in [-0.2, -0.15) is 0 Å². The third kappa shape index (κ3) is 5.92. The maximum atomic E-state index is 13.0. The van der Waals surface area contributed by atoms with Gasteiger partial charge in [-0.3, -0.25) is 4.72 Å². The van der Waals surface area contributed by atoms with Crippen LogP contribution in [-0.4, -0.2) is 35.5 Å². The number of aromatic nitrogens is 4. The Labute approximate surface area is 207 Å². The van der Waals surface area contributed by atoms with E-state index in [1.807, 2.05) is 31.2 Å². The first-order chi connectivity index (χ1) is 16.9. The third-order valence-corrected chi connectivity index (χ3v) is 5.95. The summed E-state index contributed by atoms with van der Waals surface area (Å²) in [6.07, 6.45) is 4.50. The van der Waals surface area contributed by atoms with Gasteiger partial charge in [0.05, 0.1) is 12.5 Å². The van der Waals surface area contributed by atoms with Crippen LogP contribution in [0.25, 0.3) is 17.7 Å². The van der Waals surface area contributed by atoms with E-state index in [-0.39, 0.29) is 28.4 Å². The number of hydrogen-bond acceptors (Lipinski definition) is 8. The Hall–Kier alpha value is -4.02. The molecule has 0 radical (unpaired) electrons. The molecule has 2 aromatic heterocycles. The zero-order chi connectivity index (χ0) is 24.8. The predicted molar refractivity (Wildman–Crippen MR) is 134 cm³/mol. The van der Waals surface area contributed by atoms with Crippen molar-refractivity contribution >= 4 is 33.5 Å². The lowest BCUT2D eigenvalue weighted by atomic mass is 10.1. The molecule has 0 aliphatic heterocycles. The molecule has 9 nitrogen and oxygen atoms in total. The SMILES string of the molecule is COc1ccccc1Oc1c(Cl)nc(-c2ncccn2)nc1NS(=O)(=O)C=Cc1ccccc1C. The number of sulfonamides is 1. The standard InChI is InChI=1S/C24H20ClN5O4S/c1-16-8-3-4-9-17(16)12-15-35(31,32)30-22-20(34-19-11-6-5-10-18(19)33-2)21(25)28-24(29-22)23-26-13-7-14-27-23/h3-15H,1-2H3,(H,28,29,30). The second-order valence-electron chi connectivity index (χ2n) is 7.15. The van der Waals surface area contributed by atoms with Crippen molar-refractivity contribution in [3.63, 3.8) is 0 Å². The molecule has 2 aromatic carbocycles. The number of ether oxygens (including phenoxy) is 2. The lowest BCUT2D eigenvalue weighted by molar-refractivity contribution is 0.378. The first-order valence-electron chi connectivity index (χ1n) is 10.3. The topological polar surface area (TPSA) is 116 Å². The van der Waals surface area contributed by atoms with Crippen LogP contribution in [0.2, 0.25) is 5.15 Å². The highest BCUT2D eigenvalue weighted by atomic mass is 35.5. The van der Waals surface area contributed by atoms with Gasteiger partial charge in [-0.1, -0.05) is 48.0 Å². The molecular weight excluding hydrogens is 490 g/mol. The van der Waals surface area contributed by atoms with Crippen LogP contribution in [0.1, 0.15) is 11.1 Å². The molecule has 4 rings (SSSR count). The Kier molecular flexibility index (Phi) is 7.23. The normalized spacial score (nSPS) is 11.4. The monoisotopic (exact) mass is 509 g/mol. The summed E-state index contributed by atoms with van der Waals surface area (Å²) in [5.41, 5.74) is 1.68. The molecule has 0 aliphatic carbocycles. The average molecular weight is 510 g/mol. The minimum Gasteiger partial charge on any atom is -0.493 e. The van der Waals surface area contributed by atoms with E-state index in [2.05, 4.69) is 24.7 Å². The Morgan fingerprint density at radius 3 is 2.31 bits per heavy atom. The van der Waals surface area contributed by atoms with Gasteiger partial charge in [-0.15, -0.1) is 0 Å². The molecule has 1 N–H and O–H groups in total. The van der Waals surface area contributed by atoms with E-state index in [0.29, 0.717) is 11.5 Å². The van der Waals surface area contributed by atoms with Crippen molar-refractivity contribution < 1.29 is 17.9 Å².